The SMILES string of the molecule is O=C(N/N=C/c1ccc(OC(=O)c2ccccc2Cl)cc1)c1cccc(Cl)c1. The number of amides is 1. The fraction of sp³-hybridized carbons (Fsp3) is 0. The van der Waals surface area contributed by atoms with Crippen molar-refractivity contribution in [2.45, 2.75) is 0 Å². The van der Waals surface area contributed by atoms with Crippen molar-refractivity contribution in [3.63, 3.8) is 0 Å². The smallest absolute Gasteiger partial charge is 0.345 e. The van der Waals surface area contributed by atoms with Crippen LogP contribution in [0.25, 0.3) is 0 Å². The van der Waals surface area contributed by atoms with E-state index in [-0.39, 0.29) is 5.91 Å². The summed E-state index contributed by atoms with van der Waals surface area (Å²) < 4.78 is 5.30. The number of hydrogen-bond donors (Lipinski definition) is 1. The minimum absolute atomic E-state index is 0.290. The maximum Gasteiger partial charge on any atom is 0.345 e. The summed E-state index contributed by atoms with van der Waals surface area (Å²) >= 11 is 11.8. The highest BCUT2D eigenvalue weighted by molar-refractivity contribution is 6.33. The molecule has 0 aliphatic heterocycles. The van der Waals surface area contributed by atoms with Crippen LogP contribution in [-0.4, -0.2) is 18.1 Å². The normalized spacial score (nSPS) is 10.6. The Bertz CT molecular complexity index is 1030. The van der Waals surface area contributed by atoms with Crippen LogP contribution in [0.2, 0.25) is 10.0 Å². The molecule has 3 aromatic rings. The molecule has 0 saturated carbocycles. The molecule has 3 aromatic carbocycles. The van der Waals surface area contributed by atoms with Gasteiger partial charge in [-0.05, 0) is 60.2 Å². The third-order valence-corrected chi connectivity index (χ3v) is 4.22. The lowest BCUT2D eigenvalue weighted by atomic mass is 10.2. The standard InChI is InChI=1S/C21H14Cl2N2O3/c22-16-5-3-4-15(12-16)20(26)25-24-13-14-8-10-17(11-9-14)28-21(27)18-6-1-2-7-19(18)23/h1-13H,(H,25,26)/b24-13+. The van der Waals surface area contributed by atoms with Crippen LogP contribution in [0, 0.1) is 0 Å². The molecule has 0 aromatic heterocycles. The van der Waals surface area contributed by atoms with E-state index in [1.807, 2.05) is 0 Å². The van der Waals surface area contributed by atoms with Gasteiger partial charge in [-0.2, -0.15) is 5.10 Å². The second kappa shape index (κ2) is 9.17. The first kappa shape index (κ1) is 19.6. The van der Waals surface area contributed by atoms with Crippen molar-refractivity contribution < 1.29 is 14.3 Å². The molecule has 0 heterocycles. The van der Waals surface area contributed by atoms with Crippen LogP contribution >= 0.6 is 23.2 Å². The van der Waals surface area contributed by atoms with Gasteiger partial charge >= 0.3 is 5.97 Å². The molecule has 0 fully saturated rings. The lowest BCUT2D eigenvalue weighted by Crippen LogP contribution is -2.17. The Kier molecular flexibility index (Phi) is 6.42. The number of rotatable bonds is 5. The number of hydrogen-bond acceptors (Lipinski definition) is 4. The topological polar surface area (TPSA) is 67.8 Å². The first-order chi connectivity index (χ1) is 13.5. The monoisotopic (exact) mass is 412 g/mol. The van der Waals surface area contributed by atoms with Gasteiger partial charge in [-0.1, -0.05) is 41.4 Å². The minimum Gasteiger partial charge on any atom is -0.423 e. The van der Waals surface area contributed by atoms with Gasteiger partial charge in [-0.25, -0.2) is 10.2 Å². The summed E-state index contributed by atoms with van der Waals surface area (Å²) in [7, 11) is 0. The highest BCUT2D eigenvalue weighted by Gasteiger charge is 2.12. The molecule has 0 saturated heterocycles. The summed E-state index contributed by atoms with van der Waals surface area (Å²) in [5, 5.41) is 4.70. The number of halogens is 2. The third-order valence-electron chi connectivity index (χ3n) is 3.65. The number of esters is 1. The second-order valence-electron chi connectivity index (χ2n) is 5.65. The molecule has 28 heavy (non-hydrogen) atoms. The van der Waals surface area contributed by atoms with E-state index in [1.165, 1.54) is 6.21 Å². The van der Waals surface area contributed by atoms with Crippen molar-refractivity contribution in [2.24, 2.45) is 5.10 Å². The number of carbonyl (C=O) groups is 2. The molecule has 0 aliphatic carbocycles. The summed E-state index contributed by atoms with van der Waals surface area (Å²) in [5.74, 6) is -0.546. The van der Waals surface area contributed by atoms with Gasteiger partial charge in [0, 0.05) is 10.6 Å². The molecular formula is C21H14Cl2N2O3. The first-order valence-electron chi connectivity index (χ1n) is 8.19. The summed E-state index contributed by atoms with van der Waals surface area (Å²) in [6.45, 7) is 0. The first-order valence-corrected chi connectivity index (χ1v) is 8.94. The molecule has 1 N–H and O–H groups in total. The van der Waals surface area contributed by atoms with Crippen molar-refractivity contribution in [1.29, 1.82) is 0 Å². The van der Waals surface area contributed by atoms with Crippen LogP contribution in [0.15, 0.2) is 77.9 Å². The van der Waals surface area contributed by atoms with Crippen molar-refractivity contribution in [3.8, 4) is 5.75 Å². The molecule has 0 unspecified atom stereocenters. The Morgan fingerprint density at radius 1 is 0.929 bits per heavy atom. The maximum atomic E-state index is 12.1. The maximum absolute atomic E-state index is 12.1. The van der Waals surface area contributed by atoms with E-state index in [9.17, 15) is 9.59 Å². The Labute approximate surface area is 171 Å². The Morgan fingerprint density at radius 2 is 1.68 bits per heavy atom. The summed E-state index contributed by atoms with van der Waals surface area (Å²) in [5.41, 5.74) is 3.83. The van der Waals surface area contributed by atoms with E-state index in [0.29, 0.717) is 32.5 Å². The van der Waals surface area contributed by atoms with Gasteiger partial charge < -0.3 is 4.74 Å². The van der Waals surface area contributed by atoms with Crippen molar-refractivity contribution >= 4 is 41.3 Å². The van der Waals surface area contributed by atoms with Crippen LogP contribution in [0.5, 0.6) is 5.75 Å². The molecular weight excluding hydrogens is 399 g/mol. The molecule has 0 aliphatic rings. The number of ether oxygens (including phenoxy) is 1. The van der Waals surface area contributed by atoms with Crippen LogP contribution in [0.3, 0.4) is 0 Å². The van der Waals surface area contributed by atoms with E-state index in [0.717, 1.165) is 0 Å². The van der Waals surface area contributed by atoms with Gasteiger partial charge in [0.05, 0.1) is 16.8 Å². The zero-order valence-corrected chi connectivity index (χ0v) is 15.9. The lowest BCUT2D eigenvalue weighted by molar-refractivity contribution is 0.0734. The molecule has 140 valence electrons. The van der Waals surface area contributed by atoms with Crippen LogP contribution in [0.4, 0.5) is 0 Å². The zero-order valence-electron chi connectivity index (χ0n) is 14.4. The molecule has 3 rings (SSSR count). The van der Waals surface area contributed by atoms with Crippen LogP contribution < -0.4 is 10.2 Å². The van der Waals surface area contributed by atoms with E-state index in [1.54, 1.807) is 72.8 Å². The highest BCUT2D eigenvalue weighted by atomic mass is 35.5. The van der Waals surface area contributed by atoms with Crippen molar-refractivity contribution in [3.05, 3.63) is 99.5 Å². The average Bonchev–Trinajstić information content (AvgIpc) is 2.69. The fourth-order valence-electron chi connectivity index (χ4n) is 2.27. The van der Waals surface area contributed by atoms with Crippen molar-refractivity contribution in [1.82, 2.24) is 5.43 Å². The predicted molar refractivity (Wildman–Crippen MR) is 109 cm³/mol. The molecule has 0 bridgehead atoms. The van der Waals surface area contributed by atoms with E-state index >= 15 is 0 Å². The van der Waals surface area contributed by atoms with Gasteiger partial charge in [0.2, 0.25) is 0 Å². The van der Waals surface area contributed by atoms with Gasteiger partial charge in [0.1, 0.15) is 5.75 Å². The van der Waals surface area contributed by atoms with E-state index in [4.69, 9.17) is 27.9 Å². The van der Waals surface area contributed by atoms with E-state index < -0.39 is 5.97 Å². The predicted octanol–water partition coefficient (Wildman–Crippen LogP) is 4.98. The number of nitrogens with one attached hydrogen (secondary N) is 1. The van der Waals surface area contributed by atoms with Gasteiger partial charge in [0.25, 0.3) is 5.91 Å². The van der Waals surface area contributed by atoms with Crippen molar-refractivity contribution in [2.75, 3.05) is 0 Å². The Balaban J connectivity index is 1.58. The van der Waals surface area contributed by atoms with Crippen LogP contribution in [0.1, 0.15) is 26.3 Å². The highest BCUT2D eigenvalue weighted by Crippen LogP contribution is 2.19. The molecule has 0 radical (unpaired) electrons. The second-order valence-corrected chi connectivity index (χ2v) is 6.49. The molecule has 0 spiro atoms. The zero-order chi connectivity index (χ0) is 19.9. The quantitative estimate of drug-likeness (QED) is 0.278. The summed E-state index contributed by atoms with van der Waals surface area (Å²) in [6.07, 6.45) is 1.47. The Hall–Kier alpha value is -3.15. The molecule has 1 amide bonds. The number of benzene rings is 3. The van der Waals surface area contributed by atoms with Gasteiger partial charge in [-0.3, -0.25) is 4.79 Å². The van der Waals surface area contributed by atoms with Gasteiger partial charge in [-0.15, -0.1) is 0 Å². The third kappa shape index (κ3) is 5.19. The summed E-state index contributed by atoms with van der Waals surface area (Å²) in [6, 6.07) is 19.8. The number of nitrogens with zero attached hydrogens (tertiary/aromatic N) is 1. The largest absolute Gasteiger partial charge is 0.423 e. The average molecular weight is 413 g/mol. The Morgan fingerprint density at radius 3 is 2.39 bits per heavy atom. The minimum atomic E-state index is -0.541. The number of carbonyl (C=O) groups excluding carboxylic acids is 2. The summed E-state index contributed by atoms with van der Waals surface area (Å²) in [4.78, 5) is 24.1. The molecule has 5 nitrogen and oxygen atoms in total. The van der Waals surface area contributed by atoms with Gasteiger partial charge in [0.15, 0.2) is 0 Å². The number of hydrazone groups is 1. The molecule has 7 heteroatoms. The molecule has 0 atom stereocenters. The van der Waals surface area contributed by atoms with E-state index in [2.05, 4.69) is 10.5 Å². The lowest BCUT2D eigenvalue weighted by Gasteiger charge is -2.06. The fourth-order valence-corrected chi connectivity index (χ4v) is 2.67. The van der Waals surface area contributed by atoms with Crippen LogP contribution in [-0.2, 0) is 0 Å².